The van der Waals surface area contributed by atoms with Crippen LogP contribution in [-0.4, -0.2) is 15.0 Å². The van der Waals surface area contributed by atoms with Crippen molar-refractivity contribution in [2.24, 2.45) is 0 Å². The van der Waals surface area contributed by atoms with Crippen LogP contribution in [0, 0.1) is 6.92 Å². The normalized spacial score (nSPS) is 16.0. The lowest BCUT2D eigenvalue weighted by Gasteiger charge is -2.27. The van der Waals surface area contributed by atoms with Crippen molar-refractivity contribution in [1.29, 1.82) is 0 Å². The highest BCUT2D eigenvalue weighted by Crippen LogP contribution is 2.33. The highest BCUT2D eigenvalue weighted by atomic mass is 15.0. The van der Waals surface area contributed by atoms with E-state index in [9.17, 15) is 0 Å². The molecule has 0 unspecified atom stereocenters. The smallest absolute Gasteiger partial charge is 0.130 e. The average molecular weight is 366 g/mol. The van der Waals surface area contributed by atoms with Crippen molar-refractivity contribution in [2.45, 2.75) is 32.2 Å². The Hall–Kier alpha value is -3.27. The Labute approximate surface area is 164 Å². The highest BCUT2D eigenvalue weighted by Gasteiger charge is 2.20. The molecule has 0 bridgehead atoms. The standard InChI is InChI=1S/C24H22N4/c1-16-26-23(19-11-12-21-18(14-19)8-5-13-25-21)15-24(27-16)28-22-10-4-7-17-6-2-3-9-20(17)22/h2-3,5-6,8-9,11-15,22H,4,7,10H2,1H3,(H,26,27,28)/t22-/m1/s1. The molecule has 0 amide bonds. The molecule has 1 aliphatic rings. The molecule has 2 heterocycles. The van der Waals surface area contributed by atoms with Gasteiger partial charge in [-0.2, -0.15) is 0 Å². The first-order chi connectivity index (χ1) is 13.8. The second-order valence-corrected chi connectivity index (χ2v) is 7.38. The summed E-state index contributed by atoms with van der Waals surface area (Å²) in [5.74, 6) is 1.66. The molecule has 138 valence electrons. The number of anilines is 1. The summed E-state index contributed by atoms with van der Waals surface area (Å²) in [6, 6.07) is 21.4. The monoisotopic (exact) mass is 366 g/mol. The van der Waals surface area contributed by atoms with Crippen LogP contribution in [0.15, 0.2) is 66.9 Å². The molecule has 0 spiro atoms. The van der Waals surface area contributed by atoms with E-state index in [4.69, 9.17) is 0 Å². The molecular formula is C24H22N4. The van der Waals surface area contributed by atoms with Crippen LogP contribution in [-0.2, 0) is 6.42 Å². The van der Waals surface area contributed by atoms with Gasteiger partial charge in [-0.15, -0.1) is 0 Å². The molecule has 1 atom stereocenters. The molecule has 2 aromatic carbocycles. The summed E-state index contributed by atoms with van der Waals surface area (Å²) in [6.45, 7) is 1.95. The molecule has 4 heteroatoms. The fourth-order valence-corrected chi connectivity index (χ4v) is 4.11. The Kier molecular flexibility index (Phi) is 4.24. The number of hydrogen-bond acceptors (Lipinski definition) is 4. The van der Waals surface area contributed by atoms with Crippen LogP contribution in [0.25, 0.3) is 22.2 Å². The van der Waals surface area contributed by atoms with Crippen LogP contribution in [0.4, 0.5) is 5.82 Å². The van der Waals surface area contributed by atoms with E-state index >= 15 is 0 Å². The maximum atomic E-state index is 4.68. The average Bonchev–Trinajstić information content (AvgIpc) is 2.73. The van der Waals surface area contributed by atoms with Gasteiger partial charge < -0.3 is 5.32 Å². The van der Waals surface area contributed by atoms with Crippen LogP contribution in [0.2, 0.25) is 0 Å². The van der Waals surface area contributed by atoms with E-state index in [1.165, 1.54) is 17.5 Å². The number of pyridine rings is 1. The van der Waals surface area contributed by atoms with E-state index < -0.39 is 0 Å². The minimum atomic E-state index is 0.299. The van der Waals surface area contributed by atoms with E-state index in [2.05, 4.69) is 68.8 Å². The predicted molar refractivity (Wildman–Crippen MR) is 113 cm³/mol. The number of fused-ring (bicyclic) bond motifs is 2. The molecule has 5 rings (SSSR count). The first-order valence-electron chi connectivity index (χ1n) is 9.81. The van der Waals surface area contributed by atoms with Gasteiger partial charge in [-0.05, 0) is 55.5 Å². The summed E-state index contributed by atoms with van der Waals surface area (Å²) >= 11 is 0. The van der Waals surface area contributed by atoms with Gasteiger partial charge in [0.1, 0.15) is 11.6 Å². The molecule has 0 radical (unpaired) electrons. The van der Waals surface area contributed by atoms with Crippen LogP contribution < -0.4 is 5.32 Å². The van der Waals surface area contributed by atoms with Crippen molar-refractivity contribution in [3.63, 3.8) is 0 Å². The first kappa shape index (κ1) is 16.9. The molecule has 0 aliphatic heterocycles. The Morgan fingerprint density at radius 1 is 0.964 bits per heavy atom. The second kappa shape index (κ2) is 7.04. The van der Waals surface area contributed by atoms with Crippen molar-refractivity contribution < 1.29 is 0 Å². The number of aromatic nitrogens is 3. The van der Waals surface area contributed by atoms with Crippen molar-refractivity contribution in [1.82, 2.24) is 15.0 Å². The number of hydrogen-bond donors (Lipinski definition) is 1. The van der Waals surface area contributed by atoms with E-state index in [0.29, 0.717) is 6.04 Å². The summed E-state index contributed by atoms with van der Waals surface area (Å²) < 4.78 is 0. The van der Waals surface area contributed by atoms with Crippen LogP contribution in [0.1, 0.15) is 35.8 Å². The van der Waals surface area contributed by atoms with Gasteiger partial charge in [0.2, 0.25) is 0 Å². The van der Waals surface area contributed by atoms with Crippen molar-refractivity contribution >= 4 is 16.7 Å². The third kappa shape index (κ3) is 3.22. The summed E-state index contributed by atoms with van der Waals surface area (Å²) in [7, 11) is 0. The number of nitrogens with one attached hydrogen (secondary N) is 1. The van der Waals surface area contributed by atoms with Gasteiger partial charge in [-0.3, -0.25) is 4.98 Å². The number of rotatable bonds is 3. The largest absolute Gasteiger partial charge is 0.363 e. The van der Waals surface area contributed by atoms with E-state index in [-0.39, 0.29) is 0 Å². The Morgan fingerprint density at radius 3 is 2.86 bits per heavy atom. The maximum absolute atomic E-state index is 4.68. The lowest BCUT2D eigenvalue weighted by Crippen LogP contribution is -2.18. The number of nitrogens with zero attached hydrogens (tertiary/aromatic N) is 3. The SMILES string of the molecule is Cc1nc(N[C@@H]2CCCc3ccccc32)cc(-c2ccc3ncccc3c2)n1. The van der Waals surface area contributed by atoms with E-state index in [0.717, 1.165) is 46.6 Å². The van der Waals surface area contributed by atoms with Crippen LogP contribution >= 0.6 is 0 Å². The van der Waals surface area contributed by atoms with Gasteiger partial charge in [0.15, 0.2) is 0 Å². The zero-order valence-corrected chi connectivity index (χ0v) is 15.9. The Morgan fingerprint density at radius 2 is 1.89 bits per heavy atom. The van der Waals surface area contributed by atoms with Crippen molar-refractivity contribution in [3.8, 4) is 11.3 Å². The molecule has 1 N–H and O–H groups in total. The lowest BCUT2D eigenvalue weighted by molar-refractivity contribution is 0.598. The minimum Gasteiger partial charge on any atom is -0.363 e. The van der Waals surface area contributed by atoms with E-state index in [1.807, 2.05) is 25.3 Å². The quantitative estimate of drug-likeness (QED) is 0.521. The van der Waals surface area contributed by atoms with Crippen molar-refractivity contribution in [3.05, 3.63) is 83.8 Å². The lowest BCUT2D eigenvalue weighted by atomic mass is 9.88. The molecule has 4 aromatic rings. The molecule has 28 heavy (non-hydrogen) atoms. The first-order valence-corrected chi connectivity index (χ1v) is 9.81. The molecule has 4 nitrogen and oxygen atoms in total. The third-order valence-electron chi connectivity index (χ3n) is 5.43. The Balaban J connectivity index is 1.49. The van der Waals surface area contributed by atoms with Gasteiger partial charge >= 0.3 is 0 Å². The van der Waals surface area contributed by atoms with Gasteiger partial charge in [0, 0.05) is 23.2 Å². The summed E-state index contributed by atoms with van der Waals surface area (Å²) in [6.07, 6.45) is 5.30. The summed E-state index contributed by atoms with van der Waals surface area (Å²) in [5.41, 5.74) is 5.85. The molecule has 1 aliphatic carbocycles. The van der Waals surface area contributed by atoms with Gasteiger partial charge in [-0.1, -0.05) is 36.4 Å². The van der Waals surface area contributed by atoms with Crippen LogP contribution in [0.5, 0.6) is 0 Å². The fraction of sp³-hybridized carbons (Fsp3) is 0.208. The summed E-state index contributed by atoms with van der Waals surface area (Å²) in [4.78, 5) is 13.7. The zero-order chi connectivity index (χ0) is 18.9. The predicted octanol–water partition coefficient (Wildman–Crippen LogP) is 5.49. The van der Waals surface area contributed by atoms with E-state index in [1.54, 1.807) is 0 Å². The molecule has 0 saturated carbocycles. The Bertz CT molecular complexity index is 1150. The number of benzene rings is 2. The zero-order valence-electron chi connectivity index (χ0n) is 15.9. The molecule has 2 aromatic heterocycles. The fourth-order valence-electron chi connectivity index (χ4n) is 4.11. The molecule has 0 saturated heterocycles. The molecule has 0 fully saturated rings. The number of aryl methyl sites for hydroxylation is 2. The van der Waals surface area contributed by atoms with Gasteiger partial charge in [-0.25, -0.2) is 9.97 Å². The topological polar surface area (TPSA) is 50.7 Å². The maximum Gasteiger partial charge on any atom is 0.130 e. The van der Waals surface area contributed by atoms with Gasteiger partial charge in [0.25, 0.3) is 0 Å². The third-order valence-corrected chi connectivity index (χ3v) is 5.43. The van der Waals surface area contributed by atoms with Crippen molar-refractivity contribution in [2.75, 3.05) is 5.32 Å². The minimum absolute atomic E-state index is 0.299. The second-order valence-electron chi connectivity index (χ2n) is 7.38. The molecular weight excluding hydrogens is 344 g/mol. The summed E-state index contributed by atoms with van der Waals surface area (Å²) in [5, 5.41) is 4.78. The van der Waals surface area contributed by atoms with Crippen LogP contribution in [0.3, 0.4) is 0 Å². The van der Waals surface area contributed by atoms with Gasteiger partial charge in [0.05, 0.1) is 17.3 Å². The highest BCUT2D eigenvalue weighted by molar-refractivity contribution is 5.83.